The lowest BCUT2D eigenvalue weighted by Gasteiger charge is -2.32. The molecule has 2 fully saturated rings. The van der Waals surface area contributed by atoms with Crippen LogP contribution in [0.4, 0.5) is 5.69 Å². The van der Waals surface area contributed by atoms with Gasteiger partial charge in [0.1, 0.15) is 11.6 Å². The van der Waals surface area contributed by atoms with Crippen molar-refractivity contribution in [2.45, 2.75) is 44.7 Å². The summed E-state index contributed by atoms with van der Waals surface area (Å²) in [5, 5.41) is 7.98. The molecule has 2 bridgehead atoms. The minimum atomic E-state index is -1.22. The van der Waals surface area contributed by atoms with Crippen molar-refractivity contribution in [1.82, 2.24) is 10.6 Å². The summed E-state index contributed by atoms with van der Waals surface area (Å²) in [6.45, 7) is 4.63. The monoisotopic (exact) mass is 527 g/mol. The zero-order valence-corrected chi connectivity index (χ0v) is 22.0. The number of carbonyl (C=O) groups is 3. The van der Waals surface area contributed by atoms with Gasteiger partial charge in [0.05, 0.1) is 24.5 Å². The van der Waals surface area contributed by atoms with Gasteiger partial charge in [-0.05, 0) is 42.5 Å². The summed E-state index contributed by atoms with van der Waals surface area (Å²) in [4.78, 5) is 44.1. The molecule has 0 saturated carbocycles. The molecule has 1 aromatic heterocycles. The van der Waals surface area contributed by atoms with Crippen LogP contribution < -0.4 is 15.5 Å². The summed E-state index contributed by atoms with van der Waals surface area (Å²) >= 11 is 1.56. The van der Waals surface area contributed by atoms with Gasteiger partial charge in [-0.25, -0.2) is 0 Å². The highest BCUT2D eigenvalue weighted by Gasteiger charge is 2.73. The van der Waals surface area contributed by atoms with Crippen molar-refractivity contribution in [3.63, 3.8) is 0 Å². The number of hydrogen-bond donors (Lipinski definition) is 2. The number of thiophene rings is 1. The molecular weight excluding hydrogens is 498 g/mol. The fourth-order valence-corrected chi connectivity index (χ4v) is 6.74. The number of aryl methyl sites for hydroxylation is 2. The lowest BCUT2D eigenvalue weighted by molar-refractivity contribution is -0.132. The Hall–Kier alpha value is -3.75. The third-order valence-corrected chi connectivity index (χ3v) is 8.64. The fraction of sp³-hybridized carbons (Fsp3) is 0.300. The first-order valence-electron chi connectivity index (χ1n) is 12.8. The topological polar surface area (TPSA) is 87.7 Å². The Labute approximate surface area is 225 Å². The minimum Gasteiger partial charge on any atom is -0.359 e. The summed E-state index contributed by atoms with van der Waals surface area (Å²) in [5.74, 6) is -2.32. The largest absolute Gasteiger partial charge is 0.359 e. The molecule has 4 heterocycles. The quantitative estimate of drug-likeness (QED) is 0.459. The van der Waals surface area contributed by atoms with Crippen LogP contribution in [0.1, 0.15) is 21.6 Å². The third kappa shape index (κ3) is 3.95. The first-order chi connectivity index (χ1) is 18.4. The molecule has 7 nitrogen and oxygen atoms in total. The molecule has 3 amide bonds. The highest BCUT2D eigenvalue weighted by Crippen LogP contribution is 2.56. The molecule has 5 atom stereocenters. The maximum atomic E-state index is 14.2. The van der Waals surface area contributed by atoms with Crippen molar-refractivity contribution in [2.75, 3.05) is 4.90 Å². The molecule has 2 saturated heterocycles. The molecule has 0 unspecified atom stereocenters. The van der Waals surface area contributed by atoms with Crippen molar-refractivity contribution in [3.05, 3.63) is 99.8 Å². The molecule has 38 heavy (non-hydrogen) atoms. The van der Waals surface area contributed by atoms with Gasteiger partial charge in [-0.15, -0.1) is 11.3 Å². The Kier molecular flexibility index (Phi) is 6.16. The molecule has 194 valence electrons. The van der Waals surface area contributed by atoms with Crippen LogP contribution in [0.3, 0.4) is 0 Å². The highest BCUT2D eigenvalue weighted by molar-refractivity contribution is 7.09. The van der Waals surface area contributed by atoms with Crippen molar-refractivity contribution < 1.29 is 19.1 Å². The van der Waals surface area contributed by atoms with Gasteiger partial charge in [-0.1, -0.05) is 66.2 Å². The Morgan fingerprint density at radius 3 is 2.53 bits per heavy atom. The predicted molar refractivity (Wildman–Crippen MR) is 145 cm³/mol. The number of anilines is 1. The van der Waals surface area contributed by atoms with Crippen LogP contribution in [-0.4, -0.2) is 35.5 Å². The van der Waals surface area contributed by atoms with Crippen LogP contribution in [0.2, 0.25) is 0 Å². The fourth-order valence-electron chi connectivity index (χ4n) is 6.09. The van der Waals surface area contributed by atoms with Crippen LogP contribution >= 0.6 is 11.3 Å². The van der Waals surface area contributed by atoms with Crippen LogP contribution in [0.25, 0.3) is 0 Å². The van der Waals surface area contributed by atoms with Crippen LogP contribution in [0.5, 0.6) is 0 Å². The number of hydrogen-bond acceptors (Lipinski definition) is 5. The van der Waals surface area contributed by atoms with Crippen LogP contribution in [0, 0.1) is 25.7 Å². The Bertz CT molecular complexity index is 1420. The van der Waals surface area contributed by atoms with E-state index >= 15 is 0 Å². The number of rotatable bonds is 7. The molecule has 0 radical (unpaired) electrons. The Balaban J connectivity index is 1.35. The SMILES string of the molecule is Cc1ccc(N2C(=O)[C@H]3[C@@H](C(=O)NCc4cccs4)[C@H]4C=C[C@]3(O4)[C@@H]2C(=O)NCc2ccccc2)c(C)c1. The van der Waals surface area contributed by atoms with Gasteiger partial charge in [-0.2, -0.15) is 0 Å². The average Bonchev–Trinajstić information content (AvgIpc) is 3.69. The molecule has 6 rings (SSSR count). The molecule has 0 aliphatic carbocycles. The molecule has 3 aliphatic rings. The number of nitrogens with zero attached hydrogens (tertiary/aromatic N) is 1. The number of nitrogens with one attached hydrogen (secondary N) is 2. The normalized spacial score (nSPS) is 27.0. The lowest BCUT2D eigenvalue weighted by atomic mass is 9.74. The Morgan fingerprint density at radius 2 is 1.79 bits per heavy atom. The van der Waals surface area contributed by atoms with E-state index in [2.05, 4.69) is 10.6 Å². The van der Waals surface area contributed by atoms with Gasteiger partial charge < -0.3 is 15.4 Å². The van der Waals surface area contributed by atoms with Gasteiger partial charge >= 0.3 is 0 Å². The number of fused-ring (bicyclic) bond motifs is 1. The number of ether oxygens (including phenoxy) is 1. The van der Waals surface area contributed by atoms with E-state index in [-0.39, 0.29) is 17.7 Å². The summed E-state index contributed by atoms with van der Waals surface area (Å²) in [6.07, 6.45) is 3.11. The smallest absolute Gasteiger partial charge is 0.246 e. The molecule has 2 aromatic carbocycles. The summed E-state index contributed by atoms with van der Waals surface area (Å²) in [5.41, 5.74) is 2.33. The molecule has 1 spiro atoms. The summed E-state index contributed by atoms with van der Waals surface area (Å²) in [6, 6.07) is 18.4. The maximum absolute atomic E-state index is 14.2. The third-order valence-electron chi connectivity index (χ3n) is 7.76. The van der Waals surface area contributed by atoms with E-state index in [1.54, 1.807) is 16.2 Å². The van der Waals surface area contributed by atoms with Crippen molar-refractivity contribution in [1.29, 1.82) is 0 Å². The van der Waals surface area contributed by atoms with Gasteiger partial charge in [-0.3, -0.25) is 19.3 Å². The molecular formula is C30H29N3O4S. The van der Waals surface area contributed by atoms with Crippen molar-refractivity contribution in [3.8, 4) is 0 Å². The first kappa shape index (κ1) is 24.6. The Morgan fingerprint density at radius 1 is 1.00 bits per heavy atom. The second-order valence-corrected chi connectivity index (χ2v) is 11.2. The van der Waals surface area contributed by atoms with Gasteiger partial charge in [0.15, 0.2) is 0 Å². The van der Waals surface area contributed by atoms with Gasteiger partial charge in [0.25, 0.3) is 0 Å². The number of benzene rings is 2. The predicted octanol–water partition coefficient (Wildman–Crippen LogP) is 3.65. The van der Waals surface area contributed by atoms with E-state index < -0.39 is 29.6 Å². The number of carbonyl (C=O) groups excluding carboxylic acids is 3. The van der Waals surface area contributed by atoms with E-state index in [9.17, 15) is 14.4 Å². The van der Waals surface area contributed by atoms with E-state index in [4.69, 9.17) is 4.74 Å². The second-order valence-electron chi connectivity index (χ2n) is 10.2. The minimum absolute atomic E-state index is 0.237. The molecule has 3 aromatic rings. The maximum Gasteiger partial charge on any atom is 0.246 e. The molecule has 2 N–H and O–H groups in total. The van der Waals surface area contributed by atoms with E-state index in [0.29, 0.717) is 18.8 Å². The molecule has 3 aliphatic heterocycles. The summed E-state index contributed by atoms with van der Waals surface area (Å²) < 4.78 is 6.43. The van der Waals surface area contributed by atoms with Gasteiger partial charge in [0.2, 0.25) is 17.7 Å². The zero-order chi connectivity index (χ0) is 26.4. The zero-order valence-electron chi connectivity index (χ0n) is 21.2. The van der Waals surface area contributed by atoms with Gasteiger partial charge in [0, 0.05) is 17.1 Å². The van der Waals surface area contributed by atoms with Crippen molar-refractivity contribution >= 4 is 34.7 Å². The van der Waals surface area contributed by atoms with Crippen molar-refractivity contribution in [2.24, 2.45) is 11.8 Å². The average molecular weight is 528 g/mol. The van der Waals surface area contributed by atoms with E-state index in [1.807, 2.05) is 92.0 Å². The standard InChI is InChI=1S/C30H29N3O4S/c1-18-10-11-22(19(2)15-18)33-26(28(35)31-16-20-7-4-3-5-8-20)30-13-12-23(37-30)24(25(30)29(33)36)27(34)32-17-21-9-6-14-38-21/h3-15,23-26H,16-17H2,1-2H3,(H,31,35)(H,32,34)/t23-,24+,25-,26+,30-/m1/s1. The van der Waals surface area contributed by atoms with E-state index in [1.165, 1.54) is 0 Å². The lowest BCUT2D eigenvalue weighted by Crippen LogP contribution is -2.54. The van der Waals surface area contributed by atoms with E-state index in [0.717, 1.165) is 21.6 Å². The summed E-state index contributed by atoms with van der Waals surface area (Å²) in [7, 11) is 0. The number of amides is 3. The van der Waals surface area contributed by atoms with Crippen LogP contribution in [0.15, 0.2) is 78.2 Å². The molecule has 8 heteroatoms. The highest BCUT2D eigenvalue weighted by atomic mass is 32.1. The first-order valence-corrected chi connectivity index (χ1v) is 13.7. The second kappa shape index (κ2) is 9.53. The van der Waals surface area contributed by atoms with Crippen LogP contribution in [-0.2, 0) is 32.2 Å².